The molecule has 0 radical (unpaired) electrons. The highest BCUT2D eigenvalue weighted by molar-refractivity contribution is 5.13. The van der Waals surface area contributed by atoms with E-state index in [0.717, 1.165) is 5.56 Å². The minimum atomic E-state index is -0.629. The Labute approximate surface area is 119 Å². The molecule has 2 aliphatic rings. The maximum Gasteiger partial charge on any atom is 0.190 e. The lowest BCUT2D eigenvalue weighted by atomic mass is 10.1. The zero-order chi connectivity index (χ0) is 14.2. The van der Waals surface area contributed by atoms with Gasteiger partial charge in [-0.2, -0.15) is 0 Å². The Morgan fingerprint density at radius 2 is 2.00 bits per heavy atom. The van der Waals surface area contributed by atoms with Crippen molar-refractivity contribution in [3.05, 3.63) is 48.6 Å². The molecule has 0 aromatic heterocycles. The summed E-state index contributed by atoms with van der Waals surface area (Å²) in [6.07, 6.45) is 0.753. The van der Waals surface area contributed by atoms with Gasteiger partial charge < -0.3 is 18.9 Å². The zero-order valence-corrected chi connectivity index (χ0v) is 11.8. The second kappa shape index (κ2) is 5.30. The zero-order valence-electron chi connectivity index (χ0n) is 11.8. The number of hydrogen-bond acceptors (Lipinski definition) is 4. The summed E-state index contributed by atoms with van der Waals surface area (Å²) in [6.45, 7) is 8.08. The minimum absolute atomic E-state index is 0.195. The summed E-state index contributed by atoms with van der Waals surface area (Å²) in [7, 11) is 0. The van der Waals surface area contributed by atoms with Crippen molar-refractivity contribution in [1.29, 1.82) is 0 Å². The van der Waals surface area contributed by atoms with Crippen LogP contribution in [0.2, 0.25) is 0 Å². The first-order valence-electron chi connectivity index (χ1n) is 6.88. The number of fused-ring (bicyclic) bond motifs is 1. The van der Waals surface area contributed by atoms with Gasteiger partial charge in [0.2, 0.25) is 0 Å². The molecule has 0 bridgehead atoms. The normalized spacial score (nSPS) is 34.9. The summed E-state index contributed by atoms with van der Waals surface area (Å²) in [4.78, 5) is 0. The average molecular weight is 276 g/mol. The van der Waals surface area contributed by atoms with Crippen LogP contribution in [0.5, 0.6) is 0 Å². The predicted molar refractivity (Wildman–Crippen MR) is 73.9 cm³/mol. The van der Waals surface area contributed by atoms with Crippen LogP contribution in [0.25, 0.3) is 0 Å². The molecule has 2 saturated heterocycles. The molecule has 1 aromatic carbocycles. The molecule has 3 rings (SSSR count). The topological polar surface area (TPSA) is 36.9 Å². The van der Waals surface area contributed by atoms with Gasteiger partial charge in [0, 0.05) is 0 Å². The first-order valence-corrected chi connectivity index (χ1v) is 6.88. The number of benzene rings is 1. The standard InChI is InChI=1S/C16H20O4/c1-4-12-13(17-10-11-8-6-5-7-9-11)14-15(18-12)20-16(2,3)19-14/h4-9,12-15H,1,10H2,2-3H3/t12-,13+,14-,15?/m1/s1. The third-order valence-electron chi connectivity index (χ3n) is 3.54. The van der Waals surface area contributed by atoms with E-state index in [9.17, 15) is 0 Å². The van der Waals surface area contributed by atoms with Gasteiger partial charge in [0.15, 0.2) is 12.1 Å². The molecule has 0 N–H and O–H groups in total. The maximum atomic E-state index is 6.00. The summed E-state index contributed by atoms with van der Waals surface area (Å²) in [5, 5.41) is 0. The van der Waals surface area contributed by atoms with E-state index in [1.54, 1.807) is 6.08 Å². The summed E-state index contributed by atoms with van der Waals surface area (Å²) in [5.41, 5.74) is 1.12. The average Bonchev–Trinajstić information content (AvgIpc) is 2.89. The van der Waals surface area contributed by atoms with E-state index in [1.807, 2.05) is 44.2 Å². The molecule has 4 heteroatoms. The molecular formula is C16H20O4. The summed E-state index contributed by atoms with van der Waals surface area (Å²) in [6, 6.07) is 10.0. The van der Waals surface area contributed by atoms with E-state index in [4.69, 9.17) is 18.9 Å². The molecule has 2 fully saturated rings. The van der Waals surface area contributed by atoms with Crippen LogP contribution >= 0.6 is 0 Å². The van der Waals surface area contributed by atoms with Crippen molar-refractivity contribution < 1.29 is 18.9 Å². The van der Waals surface area contributed by atoms with Crippen molar-refractivity contribution in [3.8, 4) is 0 Å². The van der Waals surface area contributed by atoms with Crippen LogP contribution in [0.3, 0.4) is 0 Å². The van der Waals surface area contributed by atoms with Crippen molar-refractivity contribution >= 4 is 0 Å². The van der Waals surface area contributed by atoms with Gasteiger partial charge in [-0.3, -0.25) is 0 Å². The molecule has 0 aliphatic carbocycles. The van der Waals surface area contributed by atoms with Gasteiger partial charge in [0.25, 0.3) is 0 Å². The number of ether oxygens (including phenoxy) is 4. The van der Waals surface area contributed by atoms with Gasteiger partial charge in [-0.05, 0) is 19.4 Å². The van der Waals surface area contributed by atoms with Crippen LogP contribution in [0.4, 0.5) is 0 Å². The van der Waals surface area contributed by atoms with Crippen molar-refractivity contribution in [3.63, 3.8) is 0 Å². The van der Waals surface area contributed by atoms with Crippen molar-refractivity contribution in [2.75, 3.05) is 0 Å². The molecule has 2 heterocycles. The highest BCUT2D eigenvalue weighted by Gasteiger charge is 2.54. The maximum absolute atomic E-state index is 6.00. The lowest BCUT2D eigenvalue weighted by Crippen LogP contribution is -2.35. The summed E-state index contributed by atoms with van der Waals surface area (Å²) >= 11 is 0. The van der Waals surface area contributed by atoms with E-state index in [-0.39, 0.29) is 24.6 Å². The molecule has 0 amide bonds. The van der Waals surface area contributed by atoms with Crippen LogP contribution in [0.1, 0.15) is 19.4 Å². The first-order chi connectivity index (χ1) is 9.59. The molecular weight excluding hydrogens is 256 g/mol. The quantitative estimate of drug-likeness (QED) is 0.792. The van der Waals surface area contributed by atoms with Crippen LogP contribution in [-0.4, -0.2) is 30.4 Å². The van der Waals surface area contributed by atoms with E-state index < -0.39 is 5.79 Å². The van der Waals surface area contributed by atoms with E-state index >= 15 is 0 Å². The molecule has 0 spiro atoms. The van der Waals surface area contributed by atoms with E-state index in [2.05, 4.69) is 6.58 Å². The SMILES string of the molecule is C=C[C@H]1OC2OC(C)(C)O[C@@H]2[C@H]1OCc1ccccc1. The van der Waals surface area contributed by atoms with Gasteiger partial charge >= 0.3 is 0 Å². The van der Waals surface area contributed by atoms with Crippen molar-refractivity contribution in [1.82, 2.24) is 0 Å². The Hall–Kier alpha value is -1.20. The molecule has 20 heavy (non-hydrogen) atoms. The monoisotopic (exact) mass is 276 g/mol. The molecule has 4 nitrogen and oxygen atoms in total. The highest BCUT2D eigenvalue weighted by Crippen LogP contribution is 2.39. The van der Waals surface area contributed by atoms with Crippen LogP contribution in [0, 0.1) is 0 Å². The molecule has 1 aromatic rings. The minimum Gasteiger partial charge on any atom is -0.368 e. The highest BCUT2D eigenvalue weighted by atomic mass is 16.8. The van der Waals surface area contributed by atoms with Gasteiger partial charge in [-0.15, -0.1) is 6.58 Å². The molecule has 1 unspecified atom stereocenters. The third-order valence-corrected chi connectivity index (χ3v) is 3.54. The Morgan fingerprint density at radius 3 is 2.70 bits per heavy atom. The lowest BCUT2D eigenvalue weighted by Gasteiger charge is -2.24. The first kappa shape index (κ1) is 13.8. The fraction of sp³-hybridized carbons (Fsp3) is 0.500. The molecule has 2 aliphatic heterocycles. The Morgan fingerprint density at radius 1 is 1.25 bits per heavy atom. The molecule has 4 atom stereocenters. The fourth-order valence-electron chi connectivity index (χ4n) is 2.65. The molecule has 108 valence electrons. The lowest BCUT2D eigenvalue weighted by molar-refractivity contribution is -0.213. The number of rotatable bonds is 4. The van der Waals surface area contributed by atoms with Crippen molar-refractivity contribution in [2.45, 2.75) is 50.8 Å². The second-order valence-corrected chi connectivity index (χ2v) is 5.57. The van der Waals surface area contributed by atoms with Gasteiger partial charge in [0.05, 0.1) is 6.61 Å². The largest absolute Gasteiger partial charge is 0.368 e. The fourth-order valence-corrected chi connectivity index (χ4v) is 2.65. The third kappa shape index (κ3) is 2.65. The van der Waals surface area contributed by atoms with Crippen molar-refractivity contribution in [2.24, 2.45) is 0 Å². The van der Waals surface area contributed by atoms with Crippen LogP contribution in [-0.2, 0) is 25.6 Å². The van der Waals surface area contributed by atoms with Crippen LogP contribution in [0.15, 0.2) is 43.0 Å². The molecule has 0 saturated carbocycles. The van der Waals surface area contributed by atoms with Gasteiger partial charge in [0.1, 0.15) is 18.3 Å². The van der Waals surface area contributed by atoms with Crippen LogP contribution < -0.4 is 0 Å². The van der Waals surface area contributed by atoms with E-state index in [1.165, 1.54) is 0 Å². The number of hydrogen-bond donors (Lipinski definition) is 0. The smallest absolute Gasteiger partial charge is 0.190 e. The summed E-state index contributed by atoms with van der Waals surface area (Å²) < 4.78 is 23.4. The summed E-state index contributed by atoms with van der Waals surface area (Å²) in [5.74, 6) is -0.629. The van der Waals surface area contributed by atoms with E-state index in [0.29, 0.717) is 6.61 Å². The second-order valence-electron chi connectivity index (χ2n) is 5.57. The Balaban J connectivity index is 1.68. The van der Waals surface area contributed by atoms with Gasteiger partial charge in [-0.25, -0.2) is 0 Å². The Kier molecular flexibility index (Phi) is 3.65. The van der Waals surface area contributed by atoms with Gasteiger partial charge in [-0.1, -0.05) is 36.4 Å². The Bertz CT molecular complexity index is 471. The predicted octanol–water partition coefficient (Wildman–Crippen LogP) is 2.63.